The third-order valence-corrected chi connectivity index (χ3v) is 2.96. The number of rotatable bonds is 3. The Hall–Kier alpha value is -1.28. The van der Waals surface area contributed by atoms with Gasteiger partial charge in [0.05, 0.1) is 5.88 Å². The summed E-state index contributed by atoms with van der Waals surface area (Å²) in [5, 5.41) is 1.06. The van der Waals surface area contributed by atoms with Gasteiger partial charge in [-0.3, -0.25) is 4.79 Å². The second-order valence-electron chi connectivity index (χ2n) is 3.93. The van der Waals surface area contributed by atoms with Gasteiger partial charge in [-0.15, -0.1) is 11.6 Å². The highest BCUT2D eigenvalue weighted by Gasteiger charge is 2.02. The molecule has 0 aliphatic carbocycles. The molecule has 0 atom stereocenters. The van der Waals surface area contributed by atoms with Crippen molar-refractivity contribution in [2.75, 3.05) is 0 Å². The van der Waals surface area contributed by atoms with E-state index in [0.717, 1.165) is 23.7 Å². The predicted molar refractivity (Wildman–Crippen MR) is 68.1 cm³/mol. The first kappa shape index (κ1) is 11.2. The number of hydrogen-bond acceptors (Lipinski definition) is 1. The molecule has 0 radical (unpaired) electrons. The second kappa shape index (κ2) is 4.71. The van der Waals surface area contributed by atoms with Gasteiger partial charge in [-0.1, -0.05) is 19.4 Å². The number of aromatic amines is 1. The number of alkyl halides is 1. The fraction of sp³-hybridized carbons (Fsp3) is 0.308. The van der Waals surface area contributed by atoms with E-state index in [1.165, 1.54) is 5.56 Å². The van der Waals surface area contributed by atoms with Gasteiger partial charge in [-0.2, -0.15) is 0 Å². The Kier molecular flexibility index (Phi) is 3.30. The maximum Gasteiger partial charge on any atom is 0.252 e. The number of aryl methyl sites for hydroxylation is 1. The number of H-pyrrole nitrogens is 1. The molecular formula is C13H14ClNO. The van der Waals surface area contributed by atoms with E-state index in [1.54, 1.807) is 0 Å². The summed E-state index contributed by atoms with van der Waals surface area (Å²) in [5.74, 6) is 0.253. The van der Waals surface area contributed by atoms with Crippen LogP contribution >= 0.6 is 11.6 Å². The monoisotopic (exact) mass is 235 g/mol. The molecule has 1 aromatic carbocycles. The van der Waals surface area contributed by atoms with E-state index >= 15 is 0 Å². The quantitative estimate of drug-likeness (QED) is 0.815. The van der Waals surface area contributed by atoms with Crippen molar-refractivity contribution in [1.82, 2.24) is 4.98 Å². The third-order valence-electron chi connectivity index (χ3n) is 2.67. The van der Waals surface area contributed by atoms with Gasteiger partial charge < -0.3 is 4.98 Å². The van der Waals surface area contributed by atoms with Gasteiger partial charge in [0, 0.05) is 11.1 Å². The zero-order valence-electron chi connectivity index (χ0n) is 9.22. The molecular weight excluding hydrogens is 222 g/mol. The molecule has 0 unspecified atom stereocenters. The third kappa shape index (κ3) is 2.12. The first-order valence-corrected chi connectivity index (χ1v) is 5.99. The van der Waals surface area contributed by atoms with Crippen molar-refractivity contribution in [1.29, 1.82) is 0 Å². The van der Waals surface area contributed by atoms with Crippen LogP contribution in [-0.2, 0) is 12.3 Å². The number of halogens is 1. The van der Waals surface area contributed by atoms with Crippen LogP contribution in [0.1, 0.15) is 24.5 Å². The molecule has 16 heavy (non-hydrogen) atoms. The number of benzene rings is 1. The number of hydrogen-bond donors (Lipinski definition) is 1. The maximum absolute atomic E-state index is 11.5. The summed E-state index contributed by atoms with van der Waals surface area (Å²) in [6.45, 7) is 2.15. The van der Waals surface area contributed by atoms with Gasteiger partial charge in [-0.05, 0) is 35.6 Å². The van der Waals surface area contributed by atoms with Crippen molar-refractivity contribution in [3.63, 3.8) is 0 Å². The first-order valence-electron chi connectivity index (χ1n) is 5.45. The zero-order chi connectivity index (χ0) is 11.5. The minimum absolute atomic E-state index is 0.0919. The molecule has 0 spiro atoms. The molecule has 0 amide bonds. The summed E-state index contributed by atoms with van der Waals surface area (Å²) >= 11 is 5.71. The van der Waals surface area contributed by atoms with Crippen molar-refractivity contribution in [3.05, 3.63) is 45.7 Å². The molecule has 2 nitrogen and oxygen atoms in total. The van der Waals surface area contributed by atoms with E-state index in [9.17, 15) is 4.79 Å². The molecule has 2 rings (SSSR count). The molecule has 3 heteroatoms. The van der Waals surface area contributed by atoms with Crippen molar-refractivity contribution in [3.8, 4) is 0 Å². The Labute approximate surface area is 99.3 Å². The average molecular weight is 236 g/mol. The average Bonchev–Trinajstić information content (AvgIpc) is 2.29. The second-order valence-corrected chi connectivity index (χ2v) is 4.20. The van der Waals surface area contributed by atoms with Gasteiger partial charge in [0.25, 0.3) is 5.56 Å². The zero-order valence-corrected chi connectivity index (χ0v) is 9.97. The fourth-order valence-corrected chi connectivity index (χ4v) is 2.04. The number of aromatic nitrogens is 1. The van der Waals surface area contributed by atoms with Crippen molar-refractivity contribution < 1.29 is 0 Å². The summed E-state index contributed by atoms with van der Waals surface area (Å²) in [6.07, 6.45) is 2.18. The van der Waals surface area contributed by atoms with E-state index in [4.69, 9.17) is 11.6 Å². The molecule has 0 saturated carbocycles. The van der Waals surface area contributed by atoms with Crippen LogP contribution in [0.15, 0.2) is 29.1 Å². The van der Waals surface area contributed by atoms with Gasteiger partial charge in [0.2, 0.25) is 0 Å². The molecule has 0 saturated heterocycles. The minimum Gasteiger partial charge on any atom is -0.322 e. The van der Waals surface area contributed by atoms with Crippen LogP contribution in [-0.4, -0.2) is 4.98 Å². The van der Waals surface area contributed by atoms with Crippen LogP contribution in [0.3, 0.4) is 0 Å². The Bertz CT molecular complexity index is 559. The predicted octanol–water partition coefficient (Wildman–Crippen LogP) is 3.22. The topological polar surface area (TPSA) is 32.9 Å². The van der Waals surface area contributed by atoms with Crippen LogP contribution in [0.4, 0.5) is 0 Å². The van der Waals surface area contributed by atoms with E-state index in [0.29, 0.717) is 5.56 Å². The smallest absolute Gasteiger partial charge is 0.252 e. The van der Waals surface area contributed by atoms with Crippen LogP contribution in [0.25, 0.3) is 10.9 Å². The van der Waals surface area contributed by atoms with Crippen LogP contribution in [0.5, 0.6) is 0 Å². The molecule has 1 N–H and O–H groups in total. The molecule has 1 heterocycles. The Morgan fingerprint density at radius 3 is 2.81 bits per heavy atom. The van der Waals surface area contributed by atoms with Gasteiger partial charge >= 0.3 is 0 Å². The molecule has 0 aliphatic heterocycles. The lowest BCUT2D eigenvalue weighted by atomic mass is 10.1. The van der Waals surface area contributed by atoms with Crippen LogP contribution < -0.4 is 5.56 Å². The Morgan fingerprint density at radius 1 is 1.31 bits per heavy atom. The molecule has 1 aromatic heterocycles. The van der Waals surface area contributed by atoms with E-state index in [-0.39, 0.29) is 11.4 Å². The summed E-state index contributed by atoms with van der Waals surface area (Å²) in [6, 6.07) is 8.01. The van der Waals surface area contributed by atoms with E-state index < -0.39 is 0 Å². The molecule has 0 bridgehead atoms. The minimum atomic E-state index is -0.0919. The lowest BCUT2D eigenvalue weighted by molar-refractivity contribution is 0.923. The van der Waals surface area contributed by atoms with Gasteiger partial charge in [-0.25, -0.2) is 0 Å². The SMILES string of the molecule is CCCc1ccc2[nH]c(=O)c(CCl)cc2c1. The molecule has 2 aromatic rings. The van der Waals surface area contributed by atoms with Gasteiger partial charge in [0.1, 0.15) is 0 Å². The Morgan fingerprint density at radius 2 is 2.12 bits per heavy atom. The fourth-order valence-electron chi connectivity index (χ4n) is 1.84. The lowest BCUT2D eigenvalue weighted by Crippen LogP contribution is -2.10. The summed E-state index contributed by atoms with van der Waals surface area (Å²) in [5.41, 5.74) is 2.70. The van der Waals surface area contributed by atoms with Crippen LogP contribution in [0.2, 0.25) is 0 Å². The highest BCUT2D eigenvalue weighted by molar-refractivity contribution is 6.17. The van der Waals surface area contributed by atoms with E-state index in [1.807, 2.05) is 12.1 Å². The number of fused-ring (bicyclic) bond motifs is 1. The maximum atomic E-state index is 11.5. The number of nitrogens with one attached hydrogen (secondary N) is 1. The van der Waals surface area contributed by atoms with Gasteiger partial charge in [0.15, 0.2) is 0 Å². The van der Waals surface area contributed by atoms with Crippen molar-refractivity contribution >= 4 is 22.5 Å². The molecule has 0 aliphatic rings. The van der Waals surface area contributed by atoms with E-state index in [2.05, 4.69) is 24.0 Å². The first-order chi connectivity index (χ1) is 7.74. The number of pyridine rings is 1. The largest absolute Gasteiger partial charge is 0.322 e. The highest BCUT2D eigenvalue weighted by Crippen LogP contribution is 2.15. The van der Waals surface area contributed by atoms with Crippen molar-refractivity contribution in [2.45, 2.75) is 25.6 Å². The molecule has 0 fully saturated rings. The lowest BCUT2D eigenvalue weighted by Gasteiger charge is -2.03. The summed E-state index contributed by atoms with van der Waals surface area (Å²) < 4.78 is 0. The van der Waals surface area contributed by atoms with Crippen LogP contribution in [0, 0.1) is 0 Å². The van der Waals surface area contributed by atoms with Crippen molar-refractivity contribution in [2.24, 2.45) is 0 Å². The Balaban J connectivity index is 2.59. The molecule has 84 valence electrons. The highest BCUT2D eigenvalue weighted by atomic mass is 35.5. The normalized spacial score (nSPS) is 10.9. The standard InChI is InChI=1S/C13H14ClNO/c1-2-3-9-4-5-12-10(6-9)7-11(8-14)13(16)15-12/h4-7H,2-3,8H2,1H3,(H,15,16). The summed E-state index contributed by atoms with van der Waals surface area (Å²) in [4.78, 5) is 14.4. The summed E-state index contributed by atoms with van der Waals surface area (Å²) in [7, 11) is 0.